The van der Waals surface area contributed by atoms with E-state index in [1.807, 2.05) is 6.07 Å². The van der Waals surface area contributed by atoms with Gasteiger partial charge in [-0.2, -0.15) is 8.42 Å². The van der Waals surface area contributed by atoms with Crippen LogP contribution < -0.4 is 4.57 Å². The lowest BCUT2D eigenvalue weighted by atomic mass is 10.5. The van der Waals surface area contributed by atoms with Gasteiger partial charge >= 0.3 is 0 Å². The highest BCUT2D eigenvalue weighted by molar-refractivity contribution is 8.00. The fourth-order valence-corrected chi connectivity index (χ4v) is 1.77. The van der Waals surface area contributed by atoms with Gasteiger partial charge < -0.3 is 0 Å². The van der Waals surface area contributed by atoms with E-state index >= 15 is 0 Å². The van der Waals surface area contributed by atoms with E-state index in [-0.39, 0.29) is 12.3 Å². The van der Waals surface area contributed by atoms with Crippen molar-refractivity contribution in [2.24, 2.45) is 0 Å². The third kappa shape index (κ3) is 4.08. The highest BCUT2D eigenvalue weighted by Gasteiger charge is 2.09. The van der Waals surface area contributed by atoms with Crippen LogP contribution in [0, 0.1) is 6.26 Å². The molecule has 0 atom stereocenters. The molecule has 1 radical (unpaired) electrons. The maximum atomic E-state index is 10.5. The van der Waals surface area contributed by atoms with Crippen LogP contribution in [0.5, 0.6) is 0 Å². The summed E-state index contributed by atoms with van der Waals surface area (Å²) in [6.45, 7) is 0.243. The molecule has 0 fully saturated rings. The Bertz CT molecular complexity index is 403. The van der Waals surface area contributed by atoms with Crippen LogP contribution in [0.15, 0.2) is 29.4 Å². The molecule has 0 aliphatic rings. The van der Waals surface area contributed by atoms with Gasteiger partial charge in [0.15, 0.2) is 18.9 Å². The Balaban J connectivity index is 2.68. The molecule has 0 saturated heterocycles. The van der Waals surface area contributed by atoms with Crippen molar-refractivity contribution in [1.29, 1.82) is 0 Å². The first kappa shape index (κ1) is 11.5. The Labute approximate surface area is 87.7 Å². The van der Waals surface area contributed by atoms with Gasteiger partial charge in [-0.25, -0.2) is 4.57 Å². The minimum Gasteiger partial charge on any atom is -0.285 e. The molecule has 0 unspecified atom stereocenters. The molecule has 77 valence electrons. The molecule has 4 nitrogen and oxygen atoms in total. The van der Waals surface area contributed by atoms with E-state index in [1.54, 1.807) is 23.0 Å². The van der Waals surface area contributed by atoms with Crippen molar-refractivity contribution >= 4 is 21.9 Å². The SMILES string of the molecule is [CH2]Sc1ccc[n+](CCS(=O)(=O)O)c1. The van der Waals surface area contributed by atoms with E-state index in [0.29, 0.717) is 0 Å². The van der Waals surface area contributed by atoms with Gasteiger partial charge in [0.25, 0.3) is 10.1 Å². The molecular formula is C8H11NO3S2+. The minimum atomic E-state index is -3.89. The number of hydrogen-bond acceptors (Lipinski definition) is 3. The first-order valence-corrected chi connectivity index (χ1v) is 6.47. The number of pyridine rings is 1. The van der Waals surface area contributed by atoms with Gasteiger partial charge in [0.2, 0.25) is 0 Å². The molecule has 1 rings (SSSR count). The fraction of sp³-hybridized carbons (Fsp3) is 0.250. The molecule has 0 aromatic carbocycles. The zero-order chi connectivity index (χ0) is 10.6. The maximum Gasteiger partial charge on any atom is 0.271 e. The molecule has 6 heteroatoms. The van der Waals surface area contributed by atoms with Crippen molar-refractivity contribution in [2.45, 2.75) is 11.4 Å². The zero-order valence-corrected chi connectivity index (χ0v) is 9.09. The van der Waals surface area contributed by atoms with Crippen LogP contribution in [-0.2, 0) is 16.7 Å². The standard InChI is InChI=1S/C8H10NO3S2/c1-13-8-3-2-4-9(7-8)5-6-14(10,11)12/h2-4,7H,1,5-6H2/p+1. The third-order valence-electron chi connectivity index (χ3n) is 1.61. The lowest BCUT2D eigenvalue weighted by molar-refractivity contribution is -0.694. The van der Waals surface area contributed by atoms with Gasteiger partial charge in [0, 0.05) is 12.3 Å². The quantitative estimate of drug-likeness (QED) is 0.473. The first-order chi connectivity index (χ1) is 6.51. The monoisotopic (exact) mass is 233 g/mol. The second-order valence-electron chi connectivity index (χ2n) is 2.71. The van der Waals surface area contributed by atoms with Gasteiger partial charge in [-0.1, -0.05) is 0 Å². The molecule has 1 N–H and O–H groups in total. The van der Waals surface area contributed by atoms with Gasteiger partial charge in [-0.05, 0) is 6.07 Å². The normalized spacial score (nSPS) is 11.6. The summed E-state index contributed by atoms with van der Waals surface area (Å²) in [4.78, 5) is 0.947. The zero-order valence-electron chi connectivity index (χ0n) is 7.46. The van der Waals surface area contributed by atoms with Crippen molar-refractivity contribution in [2.75, 3.05) is 5.75 Å². The number of rotatable bonds is 4. The van der Waals surface area contributed by atoms with Crippen LogP contribution in [0.4, 0.5) is 0 Å². The highest BCUT2D eigenvalue weighted by Crippen LogP contribution is 2.11. The summed E-state index contributed by atoms with van der Waals surface area (Å²) in [5.74, 6) is -0.275. The predicted molar refractivity (Wildman–Crippen MR) is 54.3 cm³/mol. The van der Waals surface area contributed by atoms with Crippen LogP contribution in [0.25, 0.3) is 0 Å². The van der Waals surface area contributed by atoms with Crippen molar-refractivity contribution in [3.8, 4) is 0 Å². The molecule has 1 aromatic heterocycles. The van der Waals surface area contributed by atoms with E-state index < -0.39 is 10.1 Å². The molecule has 0 spiro atoms. The van der Waals surface area contributed by atoms with E-state index in [4.69, 9.17) is 4.55 Å². The molecule has 0 amide bonds. The summed E-state index contributed by atoms with van der Waals surface area (Å²) in [7, 11) is -3.89. The molecule has 0 aliphatic carbocycles. The lowest BCUT2D eigenvalue weighted by Crippen LogP contribution is -2.36. The fourth-order valence-electron chi connectivity index (χ4n) is 0.943. The predicted octanol–water partition coefficient (Wildman–Crippen LogP) is 0.746. The summed E-state index contributed by atoms with van der Waals surface area (Å²) >= 11 is 1.33. The Morgan fingerprint density at radius 3 is 2.86 bits per heavy atom. The summed E-state index contributed by atoms with van der Waals surface area (Å²) in [5, 5.41) is 0. The van der Waals surface area contributed by atoms with E-state index in [2.05, 4.69) is 6.26 Å². The smallest absolute Gasteiger partial charge is 0.271 e. The van der Waals surface area contributed by atoms with Crippen LogP contribution in [0.3, 0.4) is 0 Å². The second kappa shape index (κ2) is 4.77. The topological polar surface area (TPSA) is 58.2 Å². The summed E-state index contributed by atoms with van der Waals surface area (Å²) < 4.78 is 31.2. The molecule has 1 aromatic rings. The number of hydrogen-bond donors (Lipinski definition) is 1. The van der Waals surface area contributed by atoms with Crippen molar-refractivity contribution in [3.63, 3.8) is 0 Å². The molecule has 0 bridgehead atoms. The molecule has 14 heavy (non-hydrogen) atoms. The molecule has 0 aliphatic heterocycles. The summed E-state index contributed by atoms with van der Waals surface area (Å²) in [5.41, 5.74) is 0. The van der Waals surface area contributed by atoms with Gasteiger partial charge in [0.05, 0.1) is 4.90 Å². The van der Waals surface area contributed by atoms with Crippen LogP contribution >= 0.6 is 11.8 Å². The van der Waals surface area contributed by atoms with Crippen LogP contribution in [0.1, 0.15) is 0 Å². The molecule has 0 saturated carbocycles. The number of thioether (sulfide) groups is 1. The van der Waals surface area contributed by atoms with E-state index in [1.165, 1.54) is 11.8 Å². The number of aromatic nitrogens is 1. The van der Waals surface area contributed by atoms with Crippen LogP contribution in [-0.4, -0.2) is 18.7 Å². The van der Waals surface area contributed by atoms with Gasteiger partial charge in [0.1, 0.15) is 5.75 Å². The molecular weight excluding hydrogens is 222 g/mol. The van der Waals surface area contributed by atoms with Crippen molar-refractivity contribution < 1.29 is 17.5 Å². The minimum absolute atomic E-state index is 0.243. The van der Waals surface area contributed by atoms with Gasteiger partial charge in [-0.3, -0.25) is 4.55 Å². The Morgan fingerprint density at radius 1 is 1.57 bits per heavy atom. The average Bonchev–Trinajstić information content (AvgIpc) is 2.14. The Kier molecular flexibility index (Phi) is 3.91. The summed E-state index contributed by atoms with van der Waals surface area (Å²) in [6.07, 6.45) is 7.16. The van der Waals surface area contributed by atoms with E-state index in [9.17, 15) is 8.42 Å². The Morgan fingerprint density at radius 2 is 2.29 bits per heavy atom. The maximum absolute atomic E-state index is 10.5. The first-order valence-electron chi connectivity index (χ1n) is 3.87. The third-order valence-corrected chi connectivity index (χ3v) is 2.88. The number of aryl methyl sites for hydroxylation is 1. The highest BCUT2D eigenvalue weighted by atomic mass is 32.2. The lowest BCUT2D eigenvalue weighted by Gasteiger charge is -1.96. The largest absolute Gasteiger partial charge is 0.285 e. The molecule has 1 heterocycles. The summed E-state index contributed by atoms with van der Waals surface area (Å²) in [6, 6.07) is 3.68. The van der Waals surface area contributed by atoms with Gasteiger partial charge in [-0.15, -0.1) is 11.8 Å². The Hall–Kier alpha value is -0.590. The van der Waals surface area contributed by atoms with E-state index in [0.717, 1.165) is 4.90 Å². The average molecular weight is 233 g/mol. The van der Waals surface area contributed by atoms with Crippen LogP contribution in [0.2, 0.25) is 0 Å². The number of nitrogens with zero attached hydrogens (tertiary/aromatic N) is 1. The second-order valence-corrected chi connectivity index (χ2v) is 5.04. The van der Waals surface area contributed by atoms with Crippen molar-refractivity contribution in [3.05, 3.63) is 30.8 Å². The van der Waals surface area contributed by atoms with Crippen molar-refractivity contribution in [1.82, 2.24) is 0 Å².